The van der Waals surface area contributed by atoms with E-state index in [1.807, 2.05) is 49.4 Å². The van der Waals surface area contributed by atoms with Gasteiger partial charge >= 0.3 is 0 Å². The zero-order valence-corrected chi connectivity index (χ0v) is 19.9. The van der Waals surface area contributed by atoms with Gasteiger partial charge in [0.05, 0.1) is 13.7 Å². The van der Waals surface area contributed by atoms with Gasteiger partial charge in [0.15, 0.2) is 0 Å². The molecule has 3 aromatic carbocycles. The summed E-state index contributed by atoms with van der Waals surface area (Å²) in [5, 5.41) is 21.0. The van der Waals surface area contributed by atoms with Crippen LogP contribution in [-0.2, 0) is 4.79 Å². The summed E-state index contributed by atoms with van der Waals surface area (Å²) >= 11 is 4.02. The Morgan fingerprint density at radius 2 is 1.76 bits per heavy atom. The van der Waals surface area contributed by atoms with Crippen molar-refractivity contribution >= 4 is 35.7 Å². The van der Waals surface area contributed by atoms with Crippen molar-refractivity contribution in [1.82, 2.24) is 0 Å². The first kappa shape index (κ1) is 25.0. The normalized spacial score (nSPS) is 12.1. The summed E-state index contributed by atoms with van der Waals surface area (Å²) in [4.78, 5) is 13.6. The Hall–Kier alpha value is -3.62. The molecule has 0 aliphatic rings. The topological polar surface area (TPSA) is 104 Å². The highest BCUT2D eigenvalue weighted by atomic mass is 32.1. The van der Waals surface area contributed by atoms with Crippen LogP contribution in [0.25, 0.3) is 0 Å². The maximum absolute atomic E-state index is 13.6. The number of nitrogens with zero attached hydrogens (tertiary/aromatic N) is 1. The van der Waals surface area contributed by atoms with Crippen molar-refractivity contribution in [3.63, 3.8) is 0 Å². The average molecular weight is 478 g/mol. The largest absolute Gasteiger partial charge is 0.497 e. The van der Waals surface area contributed by atoms with E-state index in [4.69, 9.17) is 20.0 Å². The number of ketones is 1. The minimum atomic E-state index is -0.875. The summed E-state index contributed by atoms with van der Waals surface area (Å²) in [7, 11) is 1.53. The Morgan fingerprint density at radius 3 is 2.38 bits per heavy atom. The zero-order valence-electron chi connectivity index (χ0n) is 19.0. The summed E-state index contributed by atoms with van der Waals surface area (Å²) < 4.78 is 14.8. The van der Waals surface area contributed by atoms with Crippen molar-refractivity contribution in [1.29, 1.82) is 5.41 Å². The van der Waals surface area contributed by atoms with Gasteiger partial charge in [-0.1, -0.05) is 60.2 Å². The van der Waals surface area contributed by atoms with Gasteiger partial charge in [-0.25, -0.2) is 4.40 Å². The number of carbonyl (C=O) groups excluding carboxylic acids is 1. The van der Waals surface area contributed by atoms with Crippen molar-refractivity contribution in [2.24, 2.45) is 4.40 Å². The quantitative estimate of drug-likeness (QED) is 0.241. The average Bonchev–Trinajstić information content (AvgIpc) is 2.87. The van der Waals surface area contributed by atoms with Crippen molar-refractivity contribution in [3.8, 4) is 11.5 Å². The van der Waals surface area contributed by atoms with Crippen molar-refractivity contribution in [2.45, 2.75) is 13.0 Å². The maximum atomic E-state index is 13.6. The molecule has 0 radical (unpaired) electrons. The lowest BCUT2D eigenvalue weighted by molar-refractivity contribution is -0.113. The van der Waals surface area contributed by atoms with Crippen molar-refractivity contribution < 1.29 is 19.4 Å². The molecule has 0 fully saturated rings. The number of aliphatic hydroxyl groups is 1. The van der Waals surface area contributed by atoms with Gasteiger partial charge < -0.3 is 19.9 Å². The Bertz CT molecular complexity index is 1160. The molecule has 3 aromatic rings. The molecule has 3 rings (SSSR count). The number of hydrogen-bond acceptors (Lipinski definition) is 8. The number of methoxy groups -OCH3 is 1. The van der Waals surface area contributed by atoms with Gasteiger partial charge in [-0.15, -0.1) is 0 Å². The van der Waals surface area contributed by atoms with Crippen LogP contribution in [0.4, 0.5) is 5.69 Å². The van der Waals surface area contributed by atoms with Crippen LogP contribution in [0.5, 0.6) is 11.5 Å². The lowest BCUT2D eigenvalue weighted by atomic mass is 9.94. The second kappa shape index (κ2) is 12.0. The molecule has 0 saturated heterocycles. The second-order valence-electron chi connectivity index (χ2n) is 7.51. The second-order valence-corrected chi connectivity index (χ2v) is 7.71. The van der Waals surface area contributed by atoms with E-state index < -0.39 is 11.8 Å². The molecule has 8 heteroatoms. The molecule has 0 amide bonds. The highest BCUT2D eigenvalue weighted by Gasteiger charge is 2.28. The molecule has 1 unspecified atom stereocenters. The van der Waals surface area contributed by atoms with Gasteiger partial charge in [-0.2, -0.15) is 0 Å². The van der Waals surface area contributed by atoms with Crippen LogP contribution in [0, 0.1) is 12.3 Å². The standard InChI is InChI=1S/C26H27N3O4S/c1-17-8-10-19(11-9-17)25(26(31)23(27)24(29-34)18-6-4-3-5-7-18)28-20-14-21(32-2)16-22(15-20)33-13-12-30/h3-11,14-16,25,27-28,30,34H,12-13H2,1-2H3. The fraction of sp³-hybridized carbons (Fsp3) is 0.192. The van der Waals surface area contributed by atoms with E-state index in [1.165, 1.54) is 7.11 Å². The summed E-state index contributed by atoms with van der Waals surface area (Å²) in [5.41, 5.74) is 2.84. The predicted octanol–water partition coefficient (Wildman–Crippen LogP) is 4.45. The number of rotatable bonds is 11. The summed E-state index contributed by atoms with van der Waals surface area (Å²) in [6.07, 6.45) is 0. The third-order valence-electron chi connectivity index (χ3n) is 5.09. The summed E-state index contributed by atoms with van der Waals surface area (Å²) in [6.45, 7) is 1.95. The number of aryl methyl sites for hydroxylation is 1. The number of Topliss-reactive ketones (excluding diaryl/α,β-unsaturated/α-hetero) is 1. The van der Waals surface area contributed by atoms with Crippen LogP contribution < -0.4 is 14.8 Å². The third kappa shape index (κ3) is 6.24. The molecule has 176 valence electrons. The number of thiol groups is 1. The molecular weight excluding hydrogens is 450 g/mol. The highest BCUT2D eigenvalue weighted by Crippen LogP contribution is 2.30. The molecule has 0 aromatic heterocycles. The van der Waals surface area contributed by atoms with Gasteiger partial charge in [0.2, 0.25) is 5.78 Å². The molecule has 0 spiro atoms. The summed E-state index contributed by atoms with van der Waals surface area (Å²) in [6, 6.07) is 20.8. The SMILES string of the molecule is COc1cc(NC(C(=O)C(=N)C(=NS)c2ccccc2)c2ccc(C)cc2)cc(OCCO)c1. The van der Waals surface area contributed by atoms with E-state index in [9.17, 15) is 4.79 Å². The Labute approximate surface area is 204 Å². The first-order valence-electron chi connectivity index (χ1n) is 10.6. The van der Waals surface area contributed by atoms with E-state index in [1.54, 1.807) is 30.3 Å². The Kier molecular flexibility index (Phi) is 8.84. The smallest absolute Gasteiger partial charge is 0.209 e. The monoisotopic (exact) mass is 477 g/mol. The number of aliphatic hydroxyl groups excluding tert-OH is 1. The number of benzene rings is 3. The minimum absolute atomic E-state index is 0.121. The fourth-order valence-corrected chi connectivity index (χ4v) is 3.57. The molecule has 0 saturated carbocycles. The van der Waals surface area contributed by atoms with E-state index >= 15 is 0 Å². The first-order valence-corrected chi connectivity index (χ1v) is 11.0. The first-order chi connectivity index (χ1) is 16.5. The van der Waals surface area contributed by atoms with Gasteiger partial charge in [0, 0.05) is 29.4 Å². The van der Waals surface area contributed by atoms with Crippen molar-refractivity contribution in [2.75, 3.05) is 25.6 Å². The van der Waals surface area contributed by atoms with Crippen LogP contribution in [0.15, 0.2) is 77.2 Å². The van der Waals surface area contributed by atoms with Crippen LogP contribution in [-0.4, -0.2) is 42.6 Å². The maximum Gasteiger partial charge on any atom is 0.209 e. The molecule has 7 nitrogen and oxygen atoms in total. The predicted molar refractivity (Wildman–Crippen MR) is 138 cm³/mol. The molecule has 0 bridgehead atoms. The Morgan fingerprint density at radius 1 is 1.09 bits per heavy atom. The van der Waals surface area contributed by atoms with E-state index in [0.29, 0.717) is 28.3 Å². The summed E-state index contributed by atoms with van der Waals surface area (Å²) in [5.74, 6) is 0.522. The number of nitrogens with one attached hydrogen (secondary N) is 2. The number of anilines is 1. The highest BCUT2D eigenvalue weighted by molar-refractivity contribution is 7.79. The van der Waals surface area contributed by atoms with Crippen LogP contribution in [0.2, 0.25) is 0 Å². The number of carbonyl (C=O) groups is 1. The molecular formula is C26H27N3O4S. The van der Waals surface area contributed by atoms with Gasteiger partial charge in [0.25, 0.3) is 0 Å². The fourth-order valence-electron chi connectivity index (χ4n) is 3.35. The molecule has 34 heavy (non-hydrogen) atoms. The molecule has 0 heterocycles. The van der Waals surface area contributed by atoms with Crippen LogP contribution >= 0.6 is 12.8 Å². The van der Waals surface area contributed by atoms with E-state index in [0.717, 1.165) is 5.56 Å². The molecule has 1 atom stereocenters. The van der Waals surface area contributed by atoms with E-state index in [2.05, 4.69) is 22.5 Å². The zero-order chi connectivity index (χ0) is 24.5. The number of hydrogen-bond donors (Lipinski definition) is 4. The lowest BCUT2D eigenvalue weighted by Gasteiger charge is -2.21. The number of ether oxygens (including phenoxy) is 2. The Balaban J connectivity index is 1.99. The van der Waals surface area contributed by atoms with Gasteiger partial charge in [0.1, 0.15) is 35.6 Å². The van der Waals surface area contributed by atoms with Crippen LogP contribution in [0.1, 0.15) is 22.7 Å². The third-order valence-corrected chi connectivity index (χ3v) is 5.29. The molecule has 0 aliphatic heterocycles. The molecule has 0 aliphatic carbocycles. The van der Waals surface area contributed by atoms with Gasteiger partial charge in [-0.05, 0) is 25.3 Å². The lowest BCUT2D eigenvalue weighted by Crippen LogP contribution is -2.32. The van der Waals surface area contributed by atoms with E-state index in [-0.39, 0.29) is 24.6 Å². The molecule has 3 N–H and O–H groups in total. The van der Waals surface area contributed by atoms with Crippen LogP contribution in [0.3, 0.4) is 0 Å². The van der Waals surface area contributed by atoms with Gasteiger partial charge in [-0.3, -0.25) is 10.2 Å². The minimum Gasteiger partial charge on any atom is -0.497 e. The van der Waals surface area contributed by atoms with Crippen molar-refractivity contribution in [3.05, 3.63) is 89.5 Å².